The van der Waals surface area contributed by atoms with E-state index in [1.165, 1.54) is 24.0 Å². The monoisotopic (exact) mass is 353 g/mol. The minimum Gasteiger partial charge on any atom is -0.494 e. The summed E-state index contributed by atoms with van der Waals surface area (Å²) < 4.78 is 11.5. The zero-order valence-electron chi connectivity index (χ0n) is 15.6. The second-order valence-corrected chi connectivity index (χ2v) is 6.66. The summed E-state index contributed by atoms with van der Waals surface area (Å²) in [6.45, 7) is 4.75. The Labute approximate surface area is 155 Å². The predicted octanol–water partition coefficient (Wildman–Crippen LogP) is 4.05. The molecule has 2 aromatic carbocycles. The van der Waals surface area contributed by atoms with Crippen molar-refractivity contribution in [3.8, 4) is 11.5 Å². The van der Waals surface area contributed by atoms with Crippen molar-refractivity contribution in [2.24, 2.45) is 0 Å². The molecule has 0 unspecified atom stereocenters. The van der Waals surface area contributed by atoms with Gasteiger partial charge in [0.05, 0.1) is 6.61 Å². The van der Waals surface area contributed by atoms with E-state index in [4.69, 9.17) is 9.47 Å². The van der Waals surface area contributed by atoms with Crippen LogP contribution in [0.3, 0.4) is 0 Å². The van der Waals surface area contributed by atoms with Crippen molar-refractivity contribution in [1.82, 2.24) is 5.32 Å². The van der Waals surface area contributed by atoms with Gasteiger partial charge < -0.3 is 14.8 Å². The zero-order chi connectivity index (χ0) is 18.4. The van der Waals surface area contributed by atoms with E-state index < -0.39 is 6.10 Å². The second-order valence-electron chi connectivity index (χ2n) is 6.66. The first-order valence-corrected chi connectivity index (χ1v) is 9.44. The van der Waals surface area contributed by atoms with Crippen LogP contribution in [0.25, 0.3) is 0 Å². The molecule has 1 aliphatic carbocycles. The van der Waals surface area contributed by atoms with Crippen LogP contribution in [0.5, 0.6) is 11.5 Å². The molecule has 138 valence electrons. The van der Waals surface area contributed by atoms with Gasteiger partial charge in [-0.15, -0.1) is 0 Å². The van der Waals surface area contributed by atoms with Crippen LogP contribution in [-0.2, 0) is 24.2 Å². The molecule has 1 amide bonds. The minimum atomic E-state index is -0.545. The van der Waals surface area contributed by atoms with Gasteiger partial charge >= 0.3 is 0 Å². The molecule has 0 fully saturated rings. The number of aryl methyl sites for hydroxylation is 2. The molecule has 4 nitrogen and oxygen atoms in total. The van der Waals surface area contributed by atoms with E-state index in [-0.39, 0.29) is 5.91 Å². The molecule has 2 aromatic rings. The summed E-state index contributed by atoms with van der Waals surface area (Å²) in [6, 6.07) is 13.9. The fourth-order valence-electron chi connectivity index (χ4n) is 3.31. The van der Waals surface area contributed by atoms with Crippen LogP contribution in [0.4, 0.5) is 0 Å². The molecule has 0 aromatic heterocycles. The first-order chi connectivity index (χ1) is 12.7. The highest BCUT2D eigenvalue weighted by atomic mass is 16.5. The number of amides is 1. The van der Waals surface area contributed by atoms with Gasteiger partial charge in [-0.2, -0.15) is 0 Å². The number of nitrogens with one attached hydrogen (secondary N) is 1. The molecule has 0 heterocycles. The molecule has 1 atom stereocenters. The molecular weight excluding hydrogens is 326 g/mol. The van der Waals surface area contributed by atoms with Crippen molar-refractivity contribution in [2.75, 3.05) is 6.61 Å². The Hall–Kier alpha value is -2.49. The number of benzene rings is 2. The fraction of sp³-hybridized carbons (Fsp3) is 0.409. The van der Waals surface area contributed by atoms with Gasteiger partial charge in [-0.1, -0.05) is 24.3 Å². The Kier molecular flexibility index (Phi) is 6.16. The number of ether oxygens (including phenoxy) is 2. The van der Waals surface area contributed by atoms with E-state index in [2.05, 4.69) is 17.4 Å². The van der Waals surface area contributed by atoms with Crippen molar-refractivity contribution in [3.63, 3.8) is 0 Å². The minimum absolute atomic E-state index is 0.131. The Balaban J connectivity index is 1.57. The maximum absolute atomic E-state index is 12.4. The highest BCUT2D eigenvalue weighted by Crippen LogP contribution is 2.26. The quantitative estimate of drug-likeness (QED) is 0.817. The van der Waals surface area contributed by atoms with E-state index in [1.54, 1.807) is 6.92 Å². The molecule has 0 radical (unpaired) electrons. The van der Waals surface area contributed by atoms with Crippen molar-refractivity contribution in [2.45, 2.75) is 52.2 Å². The van der Waals surface area contributed by atoms with Crippen molar-refractivity contribution >= 4 is 5.91 Å². The lowest BCUT2D eigenvalue weighted by Crippen LogP contribution is -2.36. The number of hydrogen-bond acceptors (Lipinski definition) is 3. The first kappa shape index (κ1) is 18.3. The lowest BCUT2D eigenvalue weighted by atomic mass is 9.92. The van der Waals surface area contributed by atoms with Gasteiger partial charge in [0.2, 0.25) is 0 Å². The number of carbonyl (C=O) groups excluding carboxylic acids is 1. The summed E-state index contributed by atoms with van der Waals surface area (Å²) in [4.78, 5) is 12.4. The third kappa shape index (κ3) is 4.57. The molecule has 0 saturated heterocycles. The fourth-order valence-corrected chi connectivity index (χ4v) is 3.31. The van der Waals surface area contributed by atoms with Crippen LogP contribution >= 0.6 is 0 Å². The summed E-state index contributed by atoms with van der Waals surface area (Å²) in [5.74, 6) is 1.44. The Bertz CT molecular complexity index is 757. The average molecular weight is 353 g/mol. The van der Waals surface area contributed by atoms with E-state index in [9.17, 15) is 4.79 Å². The van der Waals surface area contributed by atoms with Crippen LogP contribution < -0.4 is 14.8 Å². The predicted molar refractivity (Wildman–Crippen MR) is 103 cm³/mol. The normalized spacial score (nSPS) is 14.2. The summed E-state index contributed by atoms with van der Waals surface area (Å²) >= 11 is 0. The molecule has 0 saturated carbocycles. The Morgan fingerprint density at radius 1 is 1.12 bits per heavy atom. The summed E-state index contributed by atoms with van der Waals surface area (Å²) in [5.41, 5.74) is 3.73. The third-order valence-corrected chi connectivity index (χ3v) is 4.73. The van der Waals surface area contributed by atoms with E-state index in [1.807, 2.05) is 37.3 Å². The maximum atomic E-state index is 12.4. The van der Waals surface area contributed by atoms with Crippen LogP contribution in [-0.4, -0.2) is 18.6 Å². The second kappa shape index (κ2) is 8.75. The Morgan fingerprint density at radius 2 is 1.88 bits per heavy atom. The van der Waals surface area contributed by atoms with Crippen molar-refractivity contribution in [3.05, 3.63) is 59.2 Å². The first-order valence-electron chi connectivity index (χ1n) is 9.44. The van der Waals surface area contributed by atoms with Gasteiger partial charge in [0.15, 0.2) is 6.10 Å². The van der Waals surface area contributed by atoms with E-state index in [0.29, 0.717) is 13.2 Å². The van der Waals surface area contributed by atoms with Crippen molar-refractivity contribution < 1.29 is 14.3 Å². The molecule has 1 N–H and O–H groups in total. The average Bonchev–Trinajstić information content (AvgIpc) is 2.67. The van der Waals surface area contributed by atoms with E-state index in [0.717, 1.165) is 29.9 Å². The van der Waals surface area contributed by atoms with Gasteiger partial charge in [-0.3, -0.25) is 4.79 Å². The summed E-state index contributed by atoms with van der Waals surface area (Å²) in [7, 11) is 0. The molecular formula is C22H27NO3. The number of fused-ring (bicyclic) bond motifs is 1. The third-order valence-electron chi connectivity index (χ3n) is 4.73. The Morgan fingerprint density at radius 3 is 2.69 bits per heavy atom. The number of carbonyl (C=O) groups is 1. The van der Waals surface area contributed by atoms with Crippen LogP contribution in [0.15, 0.2) is 42.5 Å². The smallest absolute Gasteiger partial charge is 0.261 e. The maximum Gasteiger partial charge on any atom is 0.261 e. The molecule has 4 heteroatoms. The number of hydrogen-bond donors (Lipinski definition) is 1. The molecule has 0 aliphatic heterocycles. The standard InChI is InChI=1S/C22H27NO3/c1-3-25-21-11-7-6-10-19(21)15-23-22(24)16(2)26-20-13-12-17-8-4-5-9-18(17)14-20/h6-7,10-14,16H,3-5,8-9,15H2,1-2H3,(H,23,24)/t16-/m0/s1. The number of para-hydroxylation sites is 1. The van der Waals surface area contributed by atoms with Gasteiger partial charge in [0.1, 0.15) is 11.5 Å². The lowest BCUT2D eigenvalue weighted by molar-refractivity contribution is -0.127. The lowest BCUT2D eigenvalue weighted by Gasteiger charge is -2.19. The SMILES string of the molecule is CCOc1ccccc1CNC(=O)[C@H](C)Oc1ccc2c(c1)CCCC2. The van der Waals surface area contributed by atoms with Gasteiger partial charge in [0, 0.05) is 12.1 Å². The summed E-state index contributed by atoms with van der Waals surface area (Å²) in [5, 5.41) is 2.94. The largest absolute Gasteiger partial charge is 0.494 e. The molecule has 0 bridgehead atoms. The zero-order valence-corrected chi connectivity index (χ0v) is 15.6. The molecule has 26 heavy (non-hydrogen) atoms. The summed E-state index contributed by atoms with van der Waals surface area (Å²) in [6.07, 6.45) is 4.18. The van der Waals surface area contributed by atoms with Gasteiger partial charge in [-0.05, 0) is 68.9 Å². The molecule has 1 aliphatic rings. The number of rotatable bonds is 7. The molecule has 0 spiro atoms. The highest BCUT2D eigenvalue weighted by molar-refractivity contribution is 5.80. The highest BCUT2D eigenvalue weighted by Gasteiger charge is 2.17. The van der Waals surface area contributed by atoms with Crippen LogP contribution in [0.1, 0.15) is 43.4 Å². The van der Waals surface area contributed by atoms with Crippen molar-refractivity contribution in [1.29, 1.82) is 0 Å². The van der Waals surface area contributed by atoms with Gasteiger partial charge in [-0.25, -0.2) is 0 Å². The van der Waals surface area contributed by atoms with Crippen LogP contribution in [0, 0.1) is 0 Å². The van der Waals surface area contributed by atoms with Crippen LogP contribution in [0.2, 0.25) is 0 Å². The van der Waals surface area contributed by atoms with E-state index >= 15 is 0 Å². The van der Waals surface area contributed by atoms with Gasteiger partial charge in [0.25, 0.3) is 5.91 Å². The molecule has 3 rings (SSSR count). The topological polar surface area (TPSA) is 47.6 Å².